The number of fused-ring (bicyclic) bond motifs is 1. The number of rotatable bonds is 5. The minimum absolute atomic E-state index is 0.109. The van der Waals surface area contributed by atoms with E-state index in [4.69, 9.17) is 0 Å². The van der Waals surface area contributed by atoms with Crippen LogP contribution in [0.1, 0.15) is 35.9 Å². The Kier molecular flexibility index (Phi) is 5.06. The third-order valence-electron chi connectivity index (χ3n) is 3.78. The smallest absolute Gasteiger partial charge is 0.244 e. The SMILES string of the molecule is CC(C)c1ccc(/C=C/C(=O)NCc2nc3ccccc3s2)cc1. The van der Waals surface area contributed by atoms with Gasteiger partial charge >= 0.3 is 0 Å². The van der Waals surface area contributed by atoms with Gasteiger partial charge in [0.25, 0.3) is 0 Å². The molecule has 0 aliphatic carbocycles. The van der Waals surface area contributed by atoms with E-state index in [1.807, 2.05) is 42.5 Å². The number of carbonyl (C=O) groups is 1. The molecule has 0 aliphatic rings. The highest BCUT2D eigenvalue weighted by molar-refractivity contribution is 7.18. The Bertz CT molecular complexity index is 830. The Morgan fingerprint density at radius 2 is 1.92 bits per heavy atom. The van der Waals surface area contributed by atoms with Crippen molar-refractivity contribution >= 4 is 33.5 Å². The van der Waals surface area contributed by atoms with E-state index in [1.54, 1.807) is 17.4 Å². The van der Waals surface area contributed by atoms with E-state index < -0.39 is 0 Å². The van der Waals surface area contributed by atoms with Crippen molar-refractivity contribution in [3.05, 3.63) is 70.7 Å². The first-order valence-electron chi connectivity index (χ1n) is 8.02. The Morgan fingerprint density at radius 3 is 2.62 bits per heavy atom. The molecule has 3 aromatic rings. The summed E-state index contributed by atoms with van der Waals surface area (Å²) in [7, 11) is 0. The zero-order valence-electron chi connectivity index (χ0n) is 13.8. The van der Waals surface area contributed by atoms with Crippen LogP contribution in [-0.2, 0) is 11.3 Å². The van der Waals surface area contributed by atoms with Gasteiger partial charge in [-0.05, 0) is 35.3 Å². The molecule has 0 aliphatic heterocycles. The lowest BCUT2D eigenvalue weighted by molar-refractivity contribution is -0.116. The molecule has 0 atom stereocenters. The number of nitrogens with zero attached hydrogens (tertiary/aromatic N) is 1. The first-order chi connectivity index (χ1) is 11.6. The molecule has 122 valence electrons. The molecule has 1 heterocycles. The van der Waals surface area contributed by atoms with E-state index in [0.717, 1.165) is 20.8 Å². The van der Waals surface area contributed by atoms with E-state index in [2.05, 4.69) is 36.3 Å². The first kappa shape index (κ1) is 16.4. The molecule has 24 heavy (non-hydrogen) atoms. The van der Waals surface area contributed by atoms with Crippen molar-refractivity contribution in [2.45, 2.75) is 26.3 Å². The second kappa shape index (κ2) is 7.41. The van der Waals surface area contributed by atoms with Crippen LogP contribution in [0.25, 0.3) is 16.3 Å². The van der Waals surface area contributed by atoms with Crippen molar-refractivity contribution in [1.29, 1.82) is 0 Å². The number of nitrogens with one attached hydrogen (secondary N) is 1. The summed E-state index contributed by atoms with van der Waals surface area (Å²) in [6.07, 6.45) is 3.40. The highest BCUT2D eigenvalue weighted by atomic mass is 32.1. The normalized spacial score (nSPS) is 11.5. The molecule has 3 rings (SSSR count). The second-order valence-corrected chi connectivity index (χ2v) is 7.06. The fourth-order valence-electron chi connectivity index (χ4n) is 2.38. The maximum atomic E-state index is 12.0. The molecular weight excluding hydrogens is 316 g/mol. The van der Waals surface area contributed by atoms with Crippen LogP contribution in [0.4, 0.5) is 0 Å². The summed E-state index contributed by atoms with van der Waals surface area (Å²) in [4.78, 5) is 16.5. The molecule has 4 heteroatoms. The van der Waals surface area contributed by atoms with Gasteiger partial charge in [0.1, 0.15) is 5.01 Å². The molecule has 1 N–H and O–H groups in total. The van der Waals surface area contributed by atoms with Crippen molar-refractivity contribution in [1.82, 2.24) is 10.3 Å². The standard InChI is InChI=1S/C20H20N2OS/c1-14(2)16-10-7-15(8-11-16)9-12-19(23)21-13-20-22-17-5-3-4-6-18(17)24-20/h3-12,14H,13H2,1-2H3,(H,21,23)/b12-9+. The van der Waals surface area contributed by atoms with Crippen LogP contribution >= 0.6 is 11.3 Å². The third-order valence-corrected chi connectivity index (χ3v) is 4.82. The van der Waals surface area contributed by atoms with Crippen LogP contribution in [0.5, 0.6) is 0 Å². The number of hydrogen-bond acceptors (Lipinski definition) is 3. The molecule has 1 aromatic heterocycles. The lowest BCUT2D eigenvalue weighted by Crippen LogP contribution is -2.19. The lowest BCUT2D eigenvalue weighted by atomic mass is 10.0. The summed E-state index contributed by atoms with van der Waals surface area (Å²) in [6.45, 7) is 4.79. The average Bonchev–Trinajstić information content (AvgIpc) is 3.01. The molecule has 0 saturated carbocycles. The van der Waals surface area contributed by atoms with Crippen molar-refractivity contribution in [3.63, 3.8) is 0 Å². The van der Waals surface area contributed by atoms with Gasteiger partial charge in [-0.1, -0.05) is 50.2 Å². The topological polar surface area (TPSA) is 42.0 Å². The highest BCUT2D eigenvalue weighted by Crippen LogP contribution is 2.21. The van der Waals surface area contributed by atoms with E-state index in [0.29, 0.717) is 12.5 Å². The van der Waals surface area contributed by atoms with E-state index in [1.165, 1.54) is 5.56 Å². The maximum Gasteiger partial charge on any atom is 0.244 e. The van der Waals surface area contributed by atoms with Crippen molar-refractivity contribution in [2.24, 2.45) is 0 Å². The Morgan fingerprint density at radius 1 is 1.17 bits per heavy atom. The molecule has 0 fully saturated rings. The Hall–Kier alpha value is -2.46. The van der Waals surface area contributed by atoms with Crippen molar-refractivity contribution < 1.29 is 4.79 Å². The van der Waals surface area contributed by atoms with Gasteiger partial charge in [0, 0.05) is 6.08 Å². The molecular formula is C20H20N2OS. The van der Waals surface area contributed by atoms with Crippen molar-refractivity contribution in [2.75, 3.05) is 0 Å². The molecule has 1 amide bonds. The fourth-order valence-corrected chi connectivity index (χ4v) is 3.29. The number of aromatic nitrogens is 1. The number of benzene rings is 2. The van der Waals surface area contributed by atoms with Crippen LogP contribution in [0.15, 0.2) is 54.6 Å². The summed E-state index contributed by atoms with van der Waals surface area (Å²) in [6, 6.07) is 16.3. The molecule has 0 bridgehead atoms. The van der Waals surface area contributed by atoms with Gasteiger partial charge in [0.2, 0.25) is 5.91 Å². The monoisotopic (exact) mass is 336 g/mol. The van der Waals surface area contributed by atoms with E-state index in [-0.39, 0.29) is 5.91 Å². The van der Waals surface area contributed by atoms with E-state index >= 15 is 0 Å². The van der Waals surface area contributed by atoms with Gasteiger partial charge in [0.05, 0.1) is 16.8 Å². The summed E-state index contributed by atoms with van der Waals surface area (Å²) in [5.41, 5.74) is 3.30. The first-order valence-corrected chi connectivity index (χ1v) is 8.84. The predicted molar refractivity (Wildman–Crippen MR) is 101 cm³/mol. The largest absolute Gasteiger partial charge is 0.346 e. The zero-order valence-corrected chi connectivity index (χ0v) is 14.6. The fraction of sp³-hybridized carbons (Fsp3) is 0.200. The molecule has 0 spiro atoms. The molecule has 0 saturated heterocycles. The summed E-state index contributed by atoms with van der Waals surface area (Å²) >= 11 is 1.61. The van der Waals surface area contributed by atoms with E-state index in [9.17, 15) is 4.79 Å². The number of amides is 1. The van der Waals surface area contributed by atoms with Crippen molar-refractivity contribution in [3.8, 4) is 0 Å². The third kappa shape index (κ3) is 4.09. The quantitative estimate of drug-likeness (QED) is 0.683. The van der Waals surface area contributed by atoms with Gasteiger partial charge in [0.15, 0.2) is 0 Å². The molecule has 3 nitrogen and oxygen atoms in total. The van der Waals surface area contributed by atoms with Crippen LogP contribution < -0.4 is 5.32 Å². The number of carbonyl (C=O) groups excluding carboxylic acids is 1. The minimum Gasteiger partial charge on any atom is -0.346 e. The number of hydrogen-bond donors (Lipinski definition) is 1. The minimum atomic E-state index is -0.109. The molecule has 0 unspecified atom stereocenters. The van der Waals surface area contributed by atoms with Crippen LogP contribution in [0.2, 0.25) is 0 Å². The molecule has 2 aromatic carbocycles. The van der Waals surface area contributed by atoms with Gasteiger partial charge in [-0.3, -0.25) is 4.79 Å². The average molecular weight is 336 g/mol. The Labute approximate surface area is 146 Å². The second-order valence-electron chi connectivity index (χ2n) is 5.95. The van der Waals surface area contributed by atoms with Crippen LogP contribution in [0.3, 0.4) is 0 Å². The van der Waals surface area contributed by atoms with Crippen LogP contribution in [-0.4, -0.2) is 10.9 Å². The summed E-state index contributed by atoms with van der Waals surface area (Å²) in [5, 5.41) is 3.80. The summed E-state index contributed by atoms with van der Waals surface area (Å²) in [5.74, 6) is 0.405. The number of para-hydroxylation sites is 1. The highest BCUT2D eigenvalue weighted by Gasteiger charge is 2.04. The molecule has 0 radical (unpaired) electrons. The van der Waals surface area contributed by atoms with Gasteiger partial charge in [-0.2, -0.15) is 0 Å². The van der Waals surface area contributed by atoms with Crippen LogP contribution in [0, 0.1) is 0 Å². The Balaban J connectivity index is 1.56. The zero-order chi connectivity index (χ0) is 16.9. The predicted octanol–water partition coefficient (Wildman–Crippen LogP) is 4.75. The number of thiazole rings is 1. The van der Waals surface area contributed by atoms with Gasteiger partial charge in [-0.15, -0.1) is 11.3 Å². The summed E-state index contributed by atoms with van der Waals surface area (Å²) < 4.78 is 1.14. The van der Waals surface area contributed by atoms with Gasteiger partial charge in [-0.25, -0.2) is 4.98 Å². The van der Waals surface area contributed by atoms with Gasteiger partial charge < -0.3 is 5.32 Å². The maximum absolute atomic E-state index is 12.0. The lowest BCUT2D eigenvalue weighted by Gasteiger charge is -2.04.